The van der Waals surface area contributed by atoms with Gasteiger partial charge in [0.1, 0.15) is 6.10 Å². The maximum Gasteiger partial charge on any atom is 0.191 e. The highest BCUT2D eigenvalue weighted by atomic mass is 28.4. The first-order chi connectivity index (χ1) is 10.4. The standard InChI is InChI=1S/C18H32O4Si/c1-16(2,3)23(6,7)20-13-9-12-18-14(19)10-8-11-15(18)21-17(4,5)22-18/h8,10,15H,9,11-13H2,1-7H3/t15-,18+/m0/s1. The second-order valence-corrected chi connectivity index (χ2v) is 13.5. The first-order valence-corrected chi connectivity index (χ1v) is 11.5. The number of hydrogen-bond acceptors (Lipinski definition) is 4. The summed E-state index contributed by atoms with van der Waals surface area (Å²) < 4.78 is 18.3. The van der Waals surface area contributed by atoms with Gasteiger partial charge in [0.25, 0.3) is 0 Å². The number of fused-ring (bicyclic) bond motifs is 1. The molecule has 1 fully saturated rings. The lowest BCUT2D eigenvalue weighted by molar-refractivity contribution is -0.171. The number of rotatable bonds is 5. The number of ether oxygens (including phenoxy) is 2. The molecule has 0 amide bonds. The number of carbonyl (C=O) groups is 1. The van der Waals surface area contributed by atoms with Gasteiger partial charge in [0, 0.05) is 6.61 Å². The van der Waals surface area contributed by atoms with Crippen LogP contribution in [-0.2, 0) is 18.7 Å². The first kappa shape index (κ1) is 18.8. The van der Waals surface area contributed by atoms with Crippen molar-refractivity contribution in [3.63, 3.8) is 0 Å². The fourth-order valence-electron chi connectivity index (χ4n) is 3.07. The molecule has 0 N–H and O–H groups in total. The molecule has 0 unspecified atom stereocenters. The van der Waals surface area contributed by atoms with Crippen LogP contribution >= 0.6 is 0 Å². The molecule has 1 saturated heterocycles. The van der Waals surface area contributed by atoms with Gasteiger partial charge in [-0.3, -0.25) is 4.79 Å². The van der Waals surface area contributed by atoms with Crippen LogP contribution in [0.15, 0.2) is 12.2 Å². The molecule has 2 aliphatic rings. The molecule has 4 nitrogen and oxygen atoms in total. The average molecular weight is 341 g/mol. The minimum atomic E-state index is -1.74. The van der Waals surface area contributed by atoms with Gasteiger partial charge in [-0.1, -0.05) is 26.8 Å². The van der Waals surface area contributed by atoms with Crippen molar-refractivity contribution in [1.82, 2.24) is 0 Å². The van der Waals surface area contributed by atoms with E-state index < -0.39 is 19.7 Å². The van der Waals surface area contributed by atoms with Crippen LogP contribution in [0.3, 0.4) is 0 Å². The molecule has 0 spiro atoms. The Bertz CT molecular complexity index is 490. The van der Waals surface area contributed by atoms with Crippen LogP contribution < -0.4 is 0 Å². The summed E-state index contributed by atoms with van der Waals surface area (Å²) >= 11 is 0. The van der Waals surface area contributed by atoms with Crippen LogP contribution in [0.1, 0.15) is 53.9 Å². The second-order valence-electron chi connectivity index (χ2n) is 8.71. The first-order valence-electron chi connectivity index (χ1n) is 8.63. The fraction of sp³-hybridized carbons (Fsp3) is 0.833. The lowest BCUT2D eigenvalue weighted by atomic mass is 9.82. The number of carbonyl (C=O) groups excluding carboxylic acids is 1. The van der Waals surface area contributed by atoms with Crippen molar-refractivity contribution in [2.24, 2.45) is 0 Å². The molecule has 2 rings (SSSR count). The van der Waals surface area contributed by atoms with Crippen LogP contribution in [-0.4, -0.2) is 38.2 Å². The van der Waals surface area contributed by atoms with Gasteiger partial charge in [0.2, 0.25) is 0 Å². The smallest absolute Gasteiger partial charge is 0.191 e. The fourth-order valence-corrected chi connectivity index (χ4v) is 4.15. The van der Waals surface area contributed by atoms with Gasteiger partial charge in [0.05, 0.1) is 0 Å². The van der Waals surface area contributed by atoms with E-state index >= 15 is 0 Å². The quantitative estimate of drug-likeness (QED) is 0.555. The molecule has 0 radical (unpaired) electrons. The summed E-state index contributed by atoms with van der Waals surface area (Å²) in [4.78, 5) is 12.5. The van der Waals surface area contributed by atoms with Crippen molar-refractivity contribution < 1.29 is 18.7 Å². The van der Waals surface area contributed by atoms with E-state index in [0.717, 1.165) is 12.8 Å². The van der Waals surface area contributed by atoms with Crippen LogP contribution in [0, 0.1) is 0 Å². The third-order valence-electron chi connectivity index (χ3n) is 5.37. The highest BCUT2D eigenvalue weighted by Gasteiger charge is 2.57. The lowest BCUT2D eigenvalue weighted by Gasteiger charge is -2.37. The normalized spacial score (nSPS) is 30.6. The zero-order valence-electron chi connectivity index (χ0n) is 15.7. The van der Waals surface area contributed by atoms with Gasteiger partial charge in [0.15, 0.2) is 25.5 Å². The molecule has 0 aromatic rings. The van der Waals surface area contributed by atoms with Crippen molar-refractivity contribution in [1.29, 1.82) is 0 Å². The van der Waals surface area contributed by atoms with Gasteiger partial charge in [-0.25, -0.2) is 0 Å². The largest absolute Gasteiger partial charge is 0.417 e. The summed E-state index contributed by atoms with van der Waals surface area (Å²) in [6, 6.07) is 0. The van der Waals surface area contributed by atoms with E-state index in [9.17, 15) is 4.79 Å². The van der Waals surface area contributed by atoms with Crippen LogP contribution in [0.2, 0.25) is 18.1 Å². The van der Waals surface area contributed by atoms with Gasteiger partial charge in [-0.15, -0.1) is 0 Å². The van der Waals surface area contributed by atoms with E-state index in [0.29, 0.717) is 13.0 Å². The lowest BCUT2D eigenvalue weighted by Crippen LogP contribution is -2.49. The summed E-state index contributed by atoms with van der Waals surface area (Å²) in [6.45, 7) is 15.6. The monoisotopic (exact) mass is 340 g/mol. The maximum atomic E-state index is 12.5. The van der Waals surface area contributed by atoms with Crippen molar-refractivity contribution in [3.05, 3.63) is 12.2 Å². The van der Waals surface area contributed by atoms with E-state index in [-0.39, 0.29) is 16.9 Å². The molecule has 0 bridgehead atoms. The van der Waals surface area contributed by atoms with Crippen molar-refractivity contribution in [2.75, 3.05) is 6.61 Å². The molecule has 0 aromatic heterocycles. The Kier molecular flexibility index (Phi) is 5.00. The predicted molar refractivity (Wildman–Crippen MR) is 93.9 cm³/mol. The number of hydrogen-bond donors (Lipinski definition) is 0. The highest BCUT2D eigenvalue weighted by molar-refractivity contribution is 6.74. The molecule has 132 valence electrons. The molecular formula is C18H32O4Si. The Morgan fingerprint density at radius 1 is 1.35 bits per heavy atom. The third-order valence-corrected chi connectivity index (χ3v) is 9.91. The van der Waals surface area contributed by atoms with Gasteiger partial charge in [-0.2, -0.15) is 0 Å². The zero-order chi connectivity index (χ0) is 17.5. The molecule has 23 heavy (non-hydrogen) atoms. The summed E-state index contributed by atoms with van der Waals surface area (Å²) in [5, 5.41) is 0.201. The van der Waals surface area contributed by atoms with E-state index in [2.05, 4.69) is 33.9 Å². The van der Waals surface area contributed by atoms with Crippen LogP contribution in [0.5, 0.6) is 0 Å². The molecule has 2 atom stereocenters. The van der Waals surface area contributed by atoms with Crippen molar-refractivity contribution >= 4 is 14.1 Å². The predicted octanol–water partition coefficient (Wildman–Crippen LogP) is 4.21. The minimum Gasteiger partial charge on any atom is -0.417 e. The molecule has 1 aliphatic heterocycles. The molecule has 5 heteroatoms. The minimum absolute atomic E-state index is 0.0339. The summed E-state index contributed by atoms with van der Waals surface area (Å²) in [5.74, 6) is -0.668. The van der Waals surface area contributed by atoms with Crippen molar-refractivity contribution in [2.45, 2.75) is 89.5 Å². The maximum absolute atomic E-state index is 12.5. The van der Waals surface area contributed by atoms with E-state index in [1.165, 1.54) is 0 Å². The Morgan fingerprint density at radius 2 is 2.00 bits per heavy atom. The third kappa shape index (κ3) is 3.78. The molecular weight excluding hydrogens is 308 g/mol. The SMILES string of the molecule is CC1(C)O[C@H]2CC=CC(=O)[C@@]2(CCCO[Si](C)(C)C(C)(C)C)O1. The number of ketones is 1. The van der Waals surface area contributed by atoms with Gasteiger partial charge < -0.3 is 13.9 Å². The Morgan fingerprint density at radius 3 is 2.61 bits per heavy atom. The van der Waals surface area contributed by atoms with Gasteiger partial charge in [-0.05, 0) is 57.3 Å². The van der Waals surface area contributed by atoms with E-state index in [1.54, 1.807) is 6.08 Å². The summed E-state index contributed by atoms with van der Waals surface area (Å²) in [5.41, 5.74) is -0.824. The Hall–Kier alpha value is -0.493. The summed E-state index contributed by atoms with van der Waals surface area (Å²) in [6.07, 6.45) is 5.56. The van der Waals surface area contributed by atoms with Crippen LogP contribution in [0.4, 0.5) is 0 Å². The molecule has 1 heterocycles. The van der Waals surface area contributed by atoms with Crippen molar-refractivity contribution in [3.8, 4) is 0 Å². The van der Waals surface area contributed by atoms with E-state index in [1.807, 2.05) is 19.9 Å². The second kappa shape index (κ2) is 6.10. The molecule has 1 aliphatic carbocycles. The molecule has 0 aromatic carbocycles. The Labute approximate surface area is 141 Å². The topological polar surface area (TPSA) is 44.8 Å². The average Bonchev–Trinajstić information content (AvgIpc) is 2.66. The highest BCUT2D eigenvalue weighted by Crippen LogP contribution is 2.44. The van der Waals surface area contributed by atoms with Gasteiger partial charge >= 0.3 is 0 Å². The van der Waals surface area contributed by atoms with E-state index in [4.69, 9.17) is 13.9 Å². The summed E-state index contributed by atoms with van der Waals surface area (Å²) in [7, 11) is -1.74. The Balaban J connectivity index is 1.98. The zero-order valence-corrected chi connectivity index (χ0v) is 16.7. The molecule has 0 saturated carbocycles. The van der Waals surface area contributed by atoms with Crippen LogP contribution in [0.25, 0.3) is 0 Å².